The van der Waals surface area contributed by atoms with E-state index in [0.29, 0.717) is 0 Å². The van der Waals surface area contributed by atoms with E-state index in [1.165, 1.54) is 12.1 Å². The summed E-state index contributed by atoms with van der Waals surface area (Å²) in [6, 6.07) is 4.75. The van der Waals surface area contributed by atoms with Crippen LogP contribution in [-0.2, 0) is 0 Å². The first-order valence-corrected chi connectivity index (χ1v) is 6.88. The molecule has 0 amide bonds. The maximum Gasteiger partial charge on any atom is 0.151 e. The SMILES string of the molecule is CCCNc1nnc(-c2cc(F)ccc2C)c(C)c1C. The van der Waals surface area contributed by atoms with Gasteiger partial charge in [0.25, 0.3) is 0 Å². The van der Waals surface area contributed by atoms with Gasteiger partial charge >= 0.3 is 0 Å². The van der Waals surface area contributed by atoms with Gasteiger partial charge in [-0.3, -0.25) is 0 Å². The van der Waals surface area contributed by atoms with Gasteiger partial charge in [0.1, 0.15) is 5.82 Å². The number of nitrogens with one attached hydrogen (secondary N) is 1. The highest BCUT2D eigenvalue weighted by Gasteiger charge is 2.13. The molecule has 0 saturated carbocycles. The predicted molar refractivity (Wildman–Crippen MR) is 80.4 cm³/mol. The second-order valence-electron chi connectivity index (χ2n) is 5.03. The van der Waals surface area contributed by atoms with Crippen LogP contribution in [0.2, 0.25) is 0 Å². The quantitative estimate of drug-likeness (QED) is 0.914. The summed E-state index contributed by atoms with van der Waals surface area (Å²) in [7, 11) is 0. The summed E-state index contributed by atoms with van der Waals surface area (Å²) in [4.78, 5) is 0. The third-order valence-corrected chi connectivity index (χ3v) is 3.52. The Bertz CT molecular complexity index is 623. The molecule has 1 heterocycles. The van der Waals surface area contributed by atoms with Crippen LogP contribution in [-0.4, -0.2) is 16.7 Å². The summed E-state index contributed by atoms with van der Waals surface area (Å²) in [6.45, 7) is 8.94. The zero-order chi connectivity index (χ0) is 14.7. The molecule has 0 spiro atoms. The van der Waals surface area contributed by atoms with E-state index < -0.39 is 0 Å². The molecule has 0 fully saturated rings. The molecule has 0 atom stereocenters. The summed E-state index contributed by atoms with van der Waals surface area (Å²) >= 11 is 0. The largest absolute Gasteiger partial charge is 0.368 e. The van der Waals surface area contributed by atoms with Crippen molar-refractivity contribution in [2.24, 2.45) is 0 Å². The van der Waals surface area contributed by atoms with E-state index in [9.17, 15) is 4.39 Å². The van der Waals surface area contributed by atoms with Gasteiger partial charge in [-0.1, -0.05) is 13.0 Å². The van der Waals surface area contributed by atoms with Gasteiger partial charge in [-0.25, -0.2) is 4.39 Å². The highest BCUT2D eigenvalue weighted by molar-refractivity contribution is 5.69. The zero-order valence-corrected chi connectivity index (χ0v) is 12.4. The minimum Gasteiger partial charge on any atom is -0.368 e. The highest BCUT2D eigenvalue weighted by Crippen LogP contribution is 2.28. The molecule has 0 aliphatic heterocycles. The monoisotopic (exact) mass is 273 g/mol. The maximum atomic E-state index is 13.5. The predicted octanol–water partition coefficient (Wildman–Crippen LogP) is 4.03. The smallest absolute Gasteiger partial charge is 0.151 e. The zero-order valence-electron chi connectivity index (χ0n) is 12.4. The van der Waals surface area contributed by atoms with Crippen LogP contribution in [0.25, 0.3) is 11.3 Å². The van der Waals surface area contributed by atoms with Crippen LogP contribution in [0.1, 0.15) is 30.0 Å². The molecule has 2 aromatic rings. The third kappa shape index (κ3) is 2.79. The van der Waals surface area contributed by atoms with Gasteiger partial charge in [0.2, 0.25) is 0 Å². The van der Waals surface area contributed by atoms with E-state index in [0.717, 1.165) is 46.7 Å². The fourth-order valence-corrected chi connectivity index (χ4v) is 2.12. The van der Waals surface area contributed by atoms with E-state index in [1.807, 2.05) is 20.8 Å². The van der Waals surface area contributed by atoms with Crippen molar-refractivity contribution in [3.8, 4) is 11.3 Å². The van der Waals surface area contributed by atoms with Crippen LogP contribution in [0.3, 0.4) is 0 Å². The first kappa shape index (κ1) is 14.4. The van der Waals surface area contributed by atoms with Crippen molar-refractivity contribution in [3.05, 3.63) is 40.7 Å². The van der Waals surface area contributed by atoms with E-state index in [1.54, 1.807) is 6.07 Å². The number of aryl methyl sites for hydroxylation is 1. The second-order valence-corrected chi connectivity index (χ2v) is 5.03. The van der Waals surface area contributed by atoms with Crippen molar-refractivity contribution in [1.82, 2.24) is 10.2 Å². The molecule has 0 aliphatic rings. The fourth-order valence-electron chi connectivity index (χ4n) is 2.12. The third-order valence-electron chi connectivity index (χ3n) is 3.52. The highest BCUT2D eigenvalue weighted by atomic mass is 19.1. The number of benzene rings is 1. The summed E-state index contributed by atoms with van der Waals surface area (Å²) in [6.07, 6.45) is 1.03. The number of anilines is 1. The first-order chi connectivity index (χ1) is 9.54. The molecule has 0 bridgehead atoms. The van der Waals surface area contributed by atoms with Gasteiger partial charge in [-0.2, -0.15) is 0 Å². The number of hydrogen-bond acceptors (Lipinski definition) is 3. The van der Waals surface area contributed by atoms with Crippen molar-refractivity contribution in [2.45, 2.75) is 34.1 Å². The lowest BCUT2D eigenvalue weighted by Crippen LogP contribution is -2.07. The normalized spacial score (nSPS) is 10.7. The van der Waals surface area contributed by atoms with Gasteiger partial charge in [0, 0.05) is 12.1 Å². The molecule has 106 valence electrons. The van der Waals surface area contributed by atoms with E-state index >= 15 is 0 Å². The van der Waals surface area contributed by atoms with E-state index in [-0.39, 0.29) is 5.82 Å². The first-order valence-electron chi connectivity index (χ1n) is 6.88. The summed E-state index contributed by atoms with van der Waals surface area (Å²) in [5, 5.41) is 11.8. The Hall–Kier alpha value is -1.97. The Morgan fingerprint density at radius 3 is 2.55 bits per heavy atom. The average molecular weight is 273 g/mol. The molecule has 1 aromatic heterocycles. The number of nitrogens with zero attached hydrogens (tertiary/aromatic N) is 2. The van der Waals surface area contributed by atoms with Gasteiger partial charge in [-0.05, 0) is 56.0 Å². The number of halogens is 1. The molecule has 0 radical (unpaired) electrons. The minimum absolute atomic E-state index is 0.252. The summed E-state index contributed by atoms with van der Waals surface area (Å²) in [5.74, 6) is 0.555. The number of rotatable bonds is 4. The van der Waals surface area contributed by atoms with Gasteiger partial charge in [0.05, 0.1) is 5.69 Å². The number of hydrogen-bond donors (Lipinski definition) is 1. The van der Waals surface area contributed by atoms with Gasteiger partial charge < -0.3 is 5.32 Å². The molecule has 3 nitrogen and oxygen atoms in total. The topological polar surface area (TPSA) is 37.8 Å². The van der Waals surface area contributed by atoms with Crippen molar-refractivity contribution in [1.29, 1.82) is 0 Å². The lowest BCUT2D eigenvalue weighted by atomic mass is 10.00. The molecule has 0 unspecified atom stereocenters. The van der Waals surface area contributed by atoms with Crippen LogP contribution in [0.4, 0.5) is 10.2 Å². The molecule has 0 aliphatic carbocycles. The minimum atomic E-state index is -0.252. The van der Waals surface area contributed by atoms with E-state index in [4.69, 9.17) is 0 Å². The van der Waals surface area contributed by atoms with Crippen LogP contribution in [0, 0.1) is 26.6 Å². The summed E-state index contributed by atoms with van der Waals surface area (Å²) in [5.41, 5.74) is 4.65. The Morgan fingerprint density at radius 2 is 1.85 bits per heavy atom. The van der Waals surface area contributed by atoms with Crippen molar-refractivity contribution < 1.29 is 4.39 Å². The van der Waals surface area contributed by atoms with Crippen molar-refractivity contribution >= 4 is 5.82 Å². The molecular weight excluding hydrogens is 253 g/mol. The van der Waals surface area contributed by atoms with Gasteiger partial charge in [0.15, 0.2) is 5.82 Å². The molecule has 1 aromatic carbocycles. The Labute approximate surface area is 119 Å². The van der Waals surface area contributed by atoms with Crippen LogP contribution < -0.4 is 5.32 Å². The Kier molecular flexibility index (Phi) is 4.32. The maximum absolute atomic E-state index is 13.5. The molecule has 1 N–H and O–H groups in total. The van der Waals surface area contributed by atoms with Crippen LogP contribution >= 0.6 is 0 Å². The molecular formula is C16H20FN3. The lowest BCUT2D eigenvalue weighted by molar-refractivity contribution is 0.628. The van der Waals surface area contributed by atoms with E-state index in [2.05, 4.69) is 22.4 Å². The Morgan fingerprint density at radius 1 is 1.10 bits per heavy atom. The van der Waals surface area contributed by atoms with Crippen LogP contribution in [0.5, 0.6) is 0 Å². The lowest BCUT2D eigenvalue weighted by Gasteiger charge is -2.13. The Balaban J connectivity index is 2.48. The molecule has 20 heavy (non-hydrogen) atoms. The second kappa shape index (κ2) is 5.99. The van der Waals surface area contributed by atoms with Gasteiger partial charge in [-0.15, -0.1) is 10.2 Å². The average Bonchev–Trinajstić information content (AvgIpc) is 2.43. The summed E-state index contributed by atoms with van der Waals surface area (Å²) < 4.78 is 13.5. The fraction of sp³-hybridized carbons (Fsp3) is 0.375. The standard InChI is InChI=1S/C16H20FN3/c1-5-8-18-16-12(4)11(3)15(19-20-16)14-9-13(17)7-6-10(14)2/h6-7,9H,5,8H2,1-4H3,(H,18,20). The molecule has 0 saturated heterocycles. The molecule has 4 heteroatoms. The van der Waals surface area contributed by atoms with Crippen molar-refractivity contribution in [3.63, 3.8) is 0 Å². The molecule has 2 rings (SSSR count). The number of aromatic nitrogens is 2. The van der Waals surface area contributed by atoms with Crippen molar-refractivity contribution in [2.75, 3.05) is 11.9 Å². The van der Waals surface area contributed by atoms with Crippen LogP contribution in [0.15, 0.2) is 18.2 Å².